The monoisotopic (exact) mass is 681 g/mol. The molecule has 2 amide bonds. The van der Waals surface area contributed by atoms with E-state index in [9.17, 15) is 19.2 Å². The Morgan fingerprint density at radius 1 is 1.24 bits per heavy atom. The summed E-state index contributed by atoms with van der Waals surface area (Å²) < 4.78 is 12.9. The fraction of sp³-hybridized carbons (Fsp3) is 0.630. The van der Waals surface area contributed by atoms with Crippen LogP contribution in [0.2, 0.25) is 0 Å². The molecule has 3 atom stereocenters. The van der Waals surface area contributed by atoms with Crippen molar-refractivity contribution >= 4 is 63.7 Å². The lowest BCUT2D eigenvalue weighted by Crippen LogP contribution is -2.70. The van der Waals surface area contributed by atoms with Gasteiger partial charge in [-0.1, -0.05) is 32.0 Å². The molecule has 0 saturated carbocycles. The lowest BCUT2D eigenvalue weighted by Gasteiger charge is -2.49. The average Bonchev–Trinajstić information content (AvgIpc) is 3.63. The third-order valence-electron chi connectivity index (χ3n) is 6.86. The molecule has 45 heavy (non-hydrogen) atoms. The highest BCUT2D eigenvalue weighted by molar-refractivity contribution is 8.01. The van der Waals surface area contributed by atoms with Gasteiger partial charge < -0.3 is 25.4 Å². The average molecular weight is 682 g/mol. The van der Waals surface area contributed by atoms with Crippen molar-refractivity contribution in [1.82, 2.24) is 40.3 Å². The summed E-state index contributed by atoms with van der Waals surface area (Å²) in [5.41, 5.74) is 6.93. The van der Waals surface area contributed by atoms with Gasteiger partial charge in [-0.2, -0.15) is 0 Å². The Labute approximate surface area is 274 Å². The van der Waals surface area contributed by atoms with E-state index < -0.39 is 35.6 Å². The molecule has 18 heteroatoms. The molecule has 3 N–H and O–H groups in total. The topological polar surface area (TPSA) is 188 Å². The van der Waals surface area contributed by atoms with Gasteiger partial charge in [-0.15, -0.1) is 28.2 Å². The summed E-state index contributed by atoms with van der Waals surface area (Å²) in [7, 11) is 3.91. The SMILES string of the molecule is CCCCC(=O)OC(CCC)OC(=O)C1=C(CSc2nnnn2CCN(C)C)CS[C@@H]2[C@H](NC(=O)Cc3csc(N)n3)C(=O)N12. The number of ether oxygens (including phenoxy) is 2. The predicted octanol–water partition coefficient (Wildman–Crippen LogP) is 1.67. The number of rotatable bonds is 17. The number of tetrazole rings is 1. The molecular weight excluding hydrogens is 643 g/mol. The van der Waals surface area contributed by atoms with Crippen LogP contribution in [0.5, 0.6) is 0 Å². The third kappa shape index (κ3) is 9.17. The van der Waals surface area contributed by atoms with Gasteiger partial charge in [-0.3, -0.25) is 19.3 Å². The van der Waals surface area contributed by atoms with Gasteiger partial charge in [0, 0.05) is 36.3 Å². The van der Waals surface area contributed by atoms with Crippen LogP contribution in [0.15, 0.2) is 21.8 Å². The van der Waals surface area contributed by atoms with E-state index in [-0.39, 0.29) is 24.4 Å². The standard InChI is InChI=1S/C27H39N9O6S3/c1-5-7-9-19(38)41-20(8-6-2)42-25(40)22-16(14-45-27-31-32-33-35(27)11-10-34(3)4)13-43-24-21(23(39)36(22)24)30-18(37)12-17-15-44-26(28)29-17/h15,20-21,24H,5-14H2,1-4H3,(H2,28,29)(H,30,37)/t20?,21-,24-/m1/s1. The molecule has 2 aromatic rings. The van der Waals surface area contributed by atoms with Gasteiger partial charge in [0.2, 0.25) is 17.4 Å². The van der Waals surface area contributed by atoms with Crippen molar-refractivity contribution in [2.24, 2.45) is 0 Å². The van der Waals surface area contributed by atoms with E-state index in [2.05, 4.69) is 25.8 Å². The van der Waals surface area contributed by atoms with Crippen molar-refractivity contribution in [1.29, 1.82) is 0 Å². The number of thiazole rings is 1. The number of nitrogen functional groups attached to an aromatic ring is 1. The Hall–Kier alpha value is -3.22. The molecule has 0 radical (unpaired) electrons. The molecule has 2 aromatic heterocycles. The van der Waals surface area contributed by atoms with Gasteiger partial charge in [0.15, 0.2) is 5.13 Å². The first-order valence-corrected chi connectivity index (χ1v) is 17.6. The predicted molar refractivity (Wildman–Crippen MR) is 170 cm³/mol. The van der Waals surface area contributed by atoms with E-state index in [1.54, 1.807) is 10.1 Å². The van der Waals surface area contributed by atoms with Crippen LogP contribution in [-0.2, 0) is 41.6 Å². The number of hydrogen-bond donors (Lipinski definition) is 2. The number of nitrogens with two attached hydrogens (primary N) is 1. The number of nitrogens with one attached hydrogen (secondary N) is 1. The molecule has 1 unspecified atom stereocenters. The smallest absolute Gasteiger partial charge is 0.358 e. The minimum atomic E-state index is -1.09. The number of likely N-dealkylation sites (N-methyl/N-ethyl adjacent to an activating group) is 1. The fourth-order valence-electron chi connectivity index (χ4n) is 4.54. The van der Waals surface area contributed by atoms with Crippen LogP contribution in [-0.4, -0.2) is 109 Å². The first kappa shape index (κ1) is 34.6. The fourth-order valence-corrected chi connectivity index (χ4v) is 7.49. The Morgan fingerprint density at radius 3 is 2.73 bits per heavy atom. The van der Waals surface area contributed by atoms with E-state index in [1.807, 2.05) is 32.8 Å². The summed E-state index contributed by atoms with van der Waals surface area (Å²) in [5, 5.41) is 16.9. The maximum absolute atomic E-state index is 13.8. The van der Waals surface area contributed by atoms with Crippen molar-refractivity contribution in [3.8, 4) is 0 Å². The van der Waals surface area contributed by atoms with Crippen molar-refractivity contribution in [3.05, 3.63) is 22.3 Å². The van der Waals surface area contributed by atoms with Crippen LogP contribution in [0.3, 0.4) is 0 Å². The molecule has 2 aliphatic heterocycles. The second-order valence-electron chi connectivity index (χ2n) is 10.8. The molecule has 4 rings (SSSR count). The normalized spacial score (nSPS) is 18.4. The van der Waals surface area contributed by atoms with Crippen LogP contribution >= 0.6 is 34.9 Å². The molecule has 1 fully saturated rings. The Kier molecular flexibility index (Phi) is 12.6. The van der Waals surface area contributed by atoms with Gasteiger partial charge in [0.1, 0.15) is 17.1 Å². The summed E-state index contributed by atoms with van der Waals surface area (Å²) in [6.07, 6.45) is 1.52. The van der Waals surface area contributed by atoms with Gasteiger partial charge in [-0.25, -0.2) is 14.5 Å². The molecule has 0 spiro atoms. The molecule has 15 nitrogen and oxygen atoms in total. The van der Waals surface area contributed by atoms with Crippen molar-refractivity contribution in [3.63, 3.8) is 0 Å². The number of esters is 2. The summed E-state index contributed by atoms with van der Waals surface area (Å²) >= 11 is 4.02. The maximum Gasteiger partial charge on any atom is 0.358 e. The first-order valence-electron chi connectivity index (χ1n) is 14.7. The van der Waals surface area contributed by atoms with Gasteiger partial charge in [0.05, 0.1) is 18.7 Å². The molecule has 2 aliphatic rings. The summed E-state index contributed by atoms with van der Waals surface area (Å²) in [5.74, 6) is -1.31. The second-order valence-corrected chi connectivity index (χ2v) is 13.7. The Balaban J connectivity index is 1.52. The summed E-state index contributed by atoms with van der Waals surface area (Å²) in [6, 6.07) is -0.827. The minimum absolute atomic E-state index is 0.0217. The zero-order chi connectivity index (χ0) is 32.5. The van der Waals surface area contributed by atoms with E-state index >= 15 is 0 Å². The number of carbonyl (C=O) groups is 4. The number of carbonyl (C=O) groups excluding carboxylic acids is 4. The van der Waals surface area contributed by atoms with Gasteiger partial charge in [0.25, 0.3) is 5.91 Å². The lowest BCUT2D eigenvalue weighted by molar-refractivity contribution is -0.188. The summed E-state index contributed by atoms with van der Waals surface area (Å²) in [4.78, 5) is 59.8. The van der Waals surface area contributed by atoms with Crippen LogP contribution in [0, 0.1) is 0 Å². The molecular formula is C27H39N9O6S3. The highest BCUT2D eigenvalue weighted by Crippen LogP contribution is 2.42. The number of thioether (sulfide) groups is 2. The number of nitrogens with zero attached hydrogens (tertiary/aromatic N) is 7. The zero-order valence-corrected chi connectivity index (χ0v) is 28.2. The molecule has 1 saturated heterocycles. The van der Waals surface area contributed by atoms with E-state index in [0.29, 0.717) is 58.9 Å². The maximum atomic E-state index is 13.8. The lowest BCUT2D eigenvalue weighted by atomic mass is 10.0. The van der Waals surface area contributed by atoms with Crippen molar-refractivity contribution < 1.29 is 28.7 Å². The Morgan fingerprint density at radius 2 is 2.04 bits per heavy atom. The van der Waals surface area contributed by atoms with Crippen LogP contribution in [0.4, 0.5) is 5.13 Å². The van der Waals surface area contributed by atoms with Crippen molar-refractivity contribution in [2.45, 2.75) is 81.8 Å². The number of anilines is 1. The molecule has 4 heterocycles. The second kappa shape index (κ2) is 16.4. The van der Waals surface area contributed by atoms with Gasteiger partial charge in [-0.05, 0) is 42.9 Å². The quantitative estimate of drug-likeness (QED) is 0.106. The molecule has 0 aromatic carbocycles. The van der Waals surface area contributed by atoms with E-state index in [1.165, 1.54) is 39.8 Å². The highest BCUT2D eigenvalue weighted by Gasteiger charge is 2.54. The third-order valence-corrected chi connectivity index (χ3v) is 9.97. The highest BCUT2D eigenvalue weighted by atomic mass is 32.2. The number of unbranched alkanes of at least 4 members (excludes halogenated alkanes) is 1. The molecule has 0 aliphatic carbocycles. The Bertz CT molecular complexity index is 1400. The minimum Gasteiger partial charge on any atom is -0.425 e. The summed E-state index contributed by atoms with van der Waals surface area (Å²) in [6.45, 7) is 5.17. The van der Waals surface area contributed by atoms with Crippen LogP contribution in [0.1, 0.15) is 51.6 Å². The number of aromatic nitrogens is 5. The number of hydrogen-bond acceptors (Lipinski definition) is 15. The van der Waals surface area contributed by atoms with Crippen LogP contribution < -0.4 is 11.1 Å². The van der Waals surface area contributed by atoms with Crippen molar-refractivity contribution in [2.75, 3.05) is 37.9 Å². The number of β-lactam (4-membered cyclic amide) rings is 1. The number of amides is 2. The molecule has 246 valence electrons. The van der Waals surface area contributed by atoms with E-state index in [0.717, 1.165) is 13.0 Å². The van der Waals surface area contributed by atoms with Gasteiger partial charge >= 0.3 is 11.9 Å². The largest absolute Gasteiger partial charge is 0.425 e. The first-order chi connectivity index (χ1) is 21.6. The number of fused-ring (bicyclic) bond motifs is 1. The zero-order valence-electron chi connectivity index (χ0n) is 25.8. The van der Waals surface area contributed by atoms with E-state index in [4.69, 9.17) is 15.2 Å². The van der Waals surface area contributed by atoms with Crippen LogP contribution in [0.25, 0.3) is 0 Å². The molecule has 0 bridgehead atoms.